The largest absolute Gasteiger partial charge is 0.276 e. The van der Waals surface area contributed by atoms with Crippen molar-refractivity contribution in [2.24, 2.45) is 0 Å². The number of halogens is 2. The second-order valence-electron chi connectivity index (χ2n) is 2.39. The molecule has 0 saturated heterocycles. The standard InChI is InChI=1S/C9H5BrClNO/c10-4-7-2-1-6(5-12)3-8(7)9(11)13/h1-3H,4H2. The summed E-state index contributed by atoms with van der Waals surface area (Å²) in [6.45, 7) is 0. The first-order valence-electron chi connectivity index (χ1n) is 3.48. The van der Waals surface area contributed by atoms with Crippen LogP contribution in [0.3, 0.4) is 0 Å². The lowest BCUT2D eigenvalue weighted by molar-refractivity contribution is 0.108. The summed E-state index contributed by atoms with van der Waals surface area (Å²) in [5.74, 6) is 0. The van der Waals surface area contributed by atoms with E-state index in [1.165, 1.54) is 6.07 Å². The number of nitrogens with zero attached hydrogens (tertiary/aromatic N) is 1. The summed E-state index contributed by atoms with van der Waals surface area (Å²) in [7, 11) is 0. The van der Waals surface area contributed by atoms with Gasteiger partial charge in [0.25, 0.3) is 5.24 Å². The first-order chi connectivity index (χ1) is 6.19. The van der Waals surface area contributed by atoms with E-state index in [2.05, 4.69) is 15.9 Å². The zero-order valence-electron chi connectivity index (χ0n) is 6.55. The molecule has 0 aliphatic heterocycles. The van der Waals surface area contributed by atoms with Crippen LogP contribution in [0.15, 0.2) is 18.2 Å². The Morgan fingerprint density at radius 3 is 2.77 bits per heavy atom. The minimum absolute atomic E-state index is 0.387. The van der Waals surface area contributed by atoms with Gasteiger partial charge in [0.1, 0.15) is 0 Å². The monoisotopic (exact) mass is 257 g/mol. The van der Waals surface area contributed by atoms with Gasteiger partial charge >= 0.3 is 0 Å². The SMILES string of the molecule is N#Cc1ccc(CBr)c(C(=O)Cl)c1. The third-order valence-electron chi connectivity index (χ3n) is 1.59. The van der Waals surface area contributed by atoms with Crippen molar-refractivity contribution in [3.63, 3.8) is 0 Å². The van der Waals surface area contributed by atoms with Gasteiger partial charge in [-0.25, -0.2) is 0 Å². The van der Waals surface area contributed by atoms with E-state index in [1.807, 2.05) is 6.07 Å². The zero-order valence-corrected chi connectivity index (χ0v) is 8.89. The van der Waals surface area contributed by atoms with Crippen molar-refractivity contribution in [1.29, 1.82) is 5.26 Å². The number of rotatable bonds is 2. The molecule has 0 bridgehead atoms. The summed E-state index contributed by atoms with van der Waals surface area (Å²) in [4.78, 5) is 10.9. The van der Waals surface area contributed by atoms with Crippen LogP contribution in [0.4, 0.5) is 0 Å². The normalized spacial score (nSPS) is 9.31. The van der Waals surface area contributed by atoms with Gasteiger partial charge in [0.2, 0.25) is 0 Å². The summed E-state index contributed by atoms with van der Waals surface area (Å²) >= 11 is 8.58. The van der Waals surface area contributed by atoms with Crippen molar-refractivity contribution in [2.75, 3.05) is 0 Å². The third kappa shape index (κ3) is 2.30. The molecule has 2 nitrogen and oxygen atoms in total. The van der Waals surface area contributed by atoms with Gasteiger partial charge in [-0.3, -0.25) is 4.79 Å². The van der Waals surface area contributed by atoms with Crippen molar-refractivity contribution in [2.45, 2.75) is 5.33 Å². The molecule has 0 atom stereocenters. The number of hydrogen-bond donors (Lipinski definition) is 0. The summed E-state index contributed by atoms with van der Waals surface area (Å²) in [5.41, 5.74) is 1.62. The van der Waals surface area contributed by atoms with E-state index >= 15 is 0 Å². The van der Waals surface area contributed by atoms with Crippen LogP contribution in [0, 0.1) is 11.3 Å². The fraction of sp³-hybridized carbons (Fsp3) is 0.111. The number of alkyl halides is 1. The van der Waals surface area contributed by atoms with Crippen LogP contribution in [0.2, 0.25) is 0 Å². The molecule has 0 unspecified atom stereocenters. The number of hydrogen-bond acceptors (Lipinski definition) is 2. The van der Waals surface area contributed by atoms with Gasteiger partial charge in [0, 0.05) is 10.9 Å². The molecular weight excluding hydrogens is 253 g/mol. The molecule has 0 aliphatic carbocycles. The molecule has 0 spiro atoms. The Bertz CT molecular complexity index is 384. The lowest BCUT2D eigenvalue weighted by Gasteiger charge is -2.01. The van der Waals surface area contributed by atoms with Crippen LogP contribution < -0.4 is 0 Å². The predicted octanol–water partition coefficient (Wildman–Crippen LogP) is 2.83. The van der Waals surface area contributed by atoms with E-state index < -0.39 is 5.24 Å². The van der Waals surface area contributed by atoms with Crippen molar-refractivity contribution in [1.82, 2.24) is 0 Å². The quantitative estimate of drug-likeness (QED) is 0.604. The highest BCUT2D eigenvalue weighted by atomic mass is 79.9. The Hall–Kier alpha value is -0.850. The smallest absolute Gasteiger partial charge is 0.252 e. The summed E-state index contributed by atoms with van der Waals surface area (Å²) in [6, 6.07) is 6.80. The summed E-state index contributed by atoms with van der Waals surface area (Å²) < 4.78 is 0. The maximum absolute atomic E-state index is 10.9. The Kier molecular flexibility index (Phi) is 3.47. The topological polar surface area (TPSA) is 40.9 Å². The average Bonchev–Trinajstić information content (AvgIpc) is 2.16. The molecule has 1 aromatic rings. The highest BCUT2D eigenvalue weighted by Crippen LogP contribution is 2.16. The summed E-state index contributed by atoms with van der Waals surface area (Å²) in [6.07, 6.45) is 0. The molecule has 0 radical (unpaired) electrons. The first kappa shape index (κ1) is 10.2. The average molecular weight is 259 g/mol. The van der Waals surface area contributed by atoms with Crippen molar-refractivity contribution in [3.05, 3.63) is 34.9 Å². The van der Waals surface area contributed by atoms with Crippen LogP contribution in [0.1, 0.15) is 21.5 Å². The lowest BCUT2D eigenvalue weighted by Crippen LogP contribution is -1.96. The molecule has 0 saturated carbocycles. The van der Waals surface area contributed by atoms with Crippen LogP contribution in [-0.2, 0) is 5.33 Å². The molecule has 0 N–H and O–H groups in total. The molecule has 0 aromatic heterocycles. The third-order valence-corrected chi connectivity index (χ3v) is 2.40. The van der Waals surface area contributed by atoms with Crippen LogP contribution in [0.5, 0.6) is 0 Å². The predicted molar refractivity (Wildman–Crippen MR) is 54.0 cm³/mol. The van der Waals surface area contributed by atoms with Gasteiger partial charge in [-0.15, -0.1) is 0 Å². The van der Waals surface area contributed by atoms with Crippen LogP contribution in [-0.4, -0.2) is 5.24 Å². The molecule has 1 rings (SSSR count). The molecule has 1 aromatic carbocycles. The van der Waals surface area contributed by atoms with E-state index in [0.717, 1.165) is 5.56 Å². The molecule has 0 amide bonds. The first-order valence-corrected chi connectivity index (χ1v) is 4.97. The van der Waals surface area contributed by atoms with E-state index in [4.69, 9.17) is 16.9 Å². The second-order valence-corrected chi connectivity index (χ2v) is 3.30. The Labute approximate surface area is 89.3 Å². The molecule has 66 valence electrons. The number of carbonyl (C=O) groups excluding carboxylic acids is 1. The fourth-order valence-electron chi connectivity index (χ4n) is 0.946. The van der Waals surface area contributed by atoms with Gasteiger partial charge in [-0.1, -0.05) is 22.0 Å². The number of carbonyl (C=O) groups is 1. The van der Waals surface area contributed by atoms with E-state index in [9.17, 15) is 4.79 Å². The zero-order chi connectivity index (χ0) is 9.84. The van der Waals surface area contributed by atoms with Crippen molar-refractivity contribution >= 4 is 32.8 Å². The van der Waals surface area contributed by atoms with E-state index in [1.54, 1.807) is 12.1 Å². The molecule has 0 aliphatic rings. The number of benzene rings is 1. The maximum Gasteiger partial charge on any atom is 0.252 e. The minimum Gasteiger partial charge on any atom is -0.276 e. The van der Waals surface area contributed by atoms with Gasteiger partial charge < -0.3 is 0 Å². The van der Waals surface area contributed by atoms with Gasteiger partial charge in [-0.2, -0.15) is 5.26 Å². The van der Waals surface area contributed by atoms with Crippen molar-refractivity contribution in [3.8, 4) is 6.07 Å². The molecule has 0 heterocycles. The Morgan fingerprint density at radius 2 is 2.31 bits per heavy atom. The second kappa shape index (κ2) is 4.40. The van der Waals surface area contributed by atoms with Gasteiger partial charge in [0.15, 0.2) is 0 Å². The van der Waals surface area contributed by atoms with Gasteiger partial charge in [-0.05, 0) is 29.3 Å². The molecule has 4 heteroatoms. The highest BCUT2D eigenvalue weighted by molar-refractivity contribution is 9.08. The van der Waals surface area contributed by atoms with E-state index in [-0.39, 0.29) is 0 Å². The molecular formula is C9H5BrClNO. The van der Waals surface area contributed by atoms with Gasteiger partial charge in [0.05, 0.1) is 11.6 Å². The van der Waals surface area contributed by atoms with Crippen LogP contribution in [0.25, 0.3) is 0 Å². The van der Waals surface area contributed by atoms with Crippen molar-refractivity contribution < 1.29 is 4.79 Å². The van der Waals surface area contributed by atoms with E-state index in [0.29, 0.717) is 16.5 Å². The Morgan fingerprint density at radius 1 is 1.62 bits per heavy atom. The molecule has 13 heavy (non-hydrogen) atoms. The highest BCUT2D eigenvalue weighted by Gasteiger charge is 2.08. The fourth-order valence-corrected chi connectivity index (χ4v) is 1.61. The maximum atomic E-state index is 10.9. The number of nitriles is 1. The van der Waals surface area contributed by atoms with Crippen LogP contribution >= 0.6 is 27.5 Å². The lowest BCUT2D eigenvalue weighted by atomic mass is 10.1. The summed E-state index contributed by atoms with van der Waals surface area (Å²) in [5, 5.41) is 8.60. The molecule has 0 fully saturated rings. The minimum atomic E-state index is -0.536. The Balaban J connectivity index is 3.28.